The highest BCUT2D eigenvalue weighted by Crippen LogP contribution is 2.21. The summed E-state index contributed by atoms with van der Waals surface area (Å²) < 4.78 is 1.09. The van der Waals surface area contributed by atoms with E-state index in [4.69, 9.17) is 5.84 Å². The summed E-state index contributed by atoms with van der Waals surface area (Å²) >= 11 is 1.51. The van der Waals surface area contributed by atoms with Crippen molar-refractivity contribution in [3.05, 3.63) is 29.3 Å². The molecule has 1 amide bonds. The zero-order chi connectivity index (χ0) is 9.97. The standard InChI is InChI=1S/C9H9N3OS/c10-12-8(13)5-9-11-6-3-1-2-4-7(6)14-9/h1-4H,5,10H2,(H,12,13). The average Bonchev–Trinajstić information content (AvgIpc) is 2.59. The molecule has 5 heteroatoms. The van der Waals surface area contributed by atoms with Crippen molar-refractivity contribution in [2.45, 2.75) is 6.42 Å². The van der Waals surface area contributed by atoms with E-state index < -0.39 is 0 Å². The SMILES string of the molecule is NNC(=O)Cc1nc2ccccc2s1. The summed E-state index contributed by atoms with van der Waals surface area (Å²) in [6, 6.07) is 7.79. The van der Waals surface area contributed by atoms with Gasteiger partial charge in [0.2, 0.25) is 5.91 Å². The van der Waals surface area contributed by atoms with Crippen molar-refractivity contribution in [2.24, 2.45) is 5.84 Å². The second kappa shape index (κ2) is 3.73. The number of nitrogens with two attached hydrogens (primary N) is 1. The lowest BCUT2D eigenvalue weighted by Crippen LogP contribution is -2.31. The van der Waals surface area contributed by atoms with Gasteiger partial charge in [0.05, 0.1) is 16.6 Å². The lowest BCUT2D eigenvalue weighted by molar-refractivity contribution is -0.120. The lowest BCUT2D eigenvalue weighted by atomic mass is 10.3. The average molecular weight is 207 g/mol. The number of hydrogen-bond acceptors (Lipinski definition) is 4. The highest BCUT2D eigenvalue weighted by atomic mass is 32.1. The van der Waals surface area contributed by atoms with Crippen LogP contribution in [-0.4, -0.2) is 10.9 Å². The largest absolute Gasteiger partial charge is 0.294 e. The molecule has 0 atom stereocenters. The molecule has 1 aromatic carbocycles. The fraction of sp³-hybridized carbons (Fsp3) is 0.111. The van der Waals surface area contributed by atoms with Crippen LogP contribution in [0.2, 0.25) is 0 Å². The Kier molecular flexibility index (Phi) is 2.43. The van der Waals surface area contributed by atoms with Gasteiger partial charge in [-0.3, -0.25) is 10.2 Å². The van der Waals surface area contributed by atoms with Crippen LogP contribution in [-0.2, 0) is 11.2 Å². The van der Waals surface area contributed by atoms with Gasteiger partial charge < -0.3 is 0 Å². The molecule has 1 aromatic heterocycles. The molecule has 0 spiro atoms. The zero-order valence-corrected chi connectivity index (χ0v) is 8.17. The monoisotopic (exact) mass is 207 g/mol. The fourth-order valence-corrected chi connectivity index (χ4v) is 2.15. The number of aromatic nitrogens is 1. The van der Waals surface area contributed by atoms with E-state index in [1.165, 1.54) is 11.3 Å². The van der Waals surface area contributed by atoms with Crippen molar-refractivity contribution in [3.8, 4) is 0 Å². The van der Waals surface area contributed by atoms with Crippen molar-refractivity contribution < 1.29 is 4.79 Å². The lowest BCUT2D eigenvalue weighted by Gasteiger charge is -1.92. The smallest absolute Gasteiger partial charge is 0.240 e. The molecule has 0 aliphatic heterocycles. The minimum atomic E-state index is -0.218. The Morgan fingerprint density at radius 2 is 2.29 bits per heavy atom. The highest BCUT2D eigenvalue weighted by Gasteiger charge is 2.06. The Bertz CT molecular complexity index is 433. The van der Waals surface area contributed by atoms with Gasteiger partial charge in [-0.15, -0.1) is 11.3 Å². The number of nitrogens with one attached hydrogen (secondary N) is 1. The summed E-state index contributed by atoms with van der Waals surface area (Å²) in [6.45, 7) is 0. The highest BCUT2D eigenvalue weighted by molar-refractivity contribution is 7.18. The first-order valence-electron chi connectivity index (χ1n) is 4.13. The molecule has 0 aliphatic carbocycles. The summed E-state index contributed by atoms with van der Waals surface area (Å²) in [5.74, 6) is 4.77. The second-order valence-electron chi connectivity index (χ2n) is 2.82. The Balaban J connectivity index is 2.31. The van der Waals surface area contributed by atoms with Crippen molar-refractivity contribution in [3.63, 3.8) is 0 Å². The maximum absolute atomic E-state index is 11.0. The molecule has 2 aromatic rings. The molecule has 0 saturated heterocycles. The van der Waals surface area contributed by atoms with E-state index in [0.29, 0.717) is 0 Å². The van der Waals surface area contributed by atoms with Crippen molar-refractivity contribution >= 4 is 27.5 Å². The summed E-state index contributed by atoms with van der Waals surface area (Å²) in [5.41, 5.74) is 3.01. The molecule has 0 fully saturated rings. The Morgan fingerprint density at radius 1 is 1.50 bits per heavy atom. The van der Waals surface area contributed by atoms with Gasteiger partial charge in [0.15, 0.2) is 0 Å². The van der Waals surface area contributed by atoms with Crippen LogP contribution in [0.1, 0.15) is 5.01 Å². The molecule has 72 valence electrons. The van der Waals surface area contributed by atoms with Gasteiger partial charge in [0.25, 0.3) is 0 Å². The van der Waals surface area contributed by atoms with Crippen molar-refractivity contribution in [1.82, 2.24) is 10.4 Å². The van der Waals surface area contributed by atoms with Gasteiger partial charge in [-0.25, -0.2) is 10.8 Å². The van der Waals surface area contributed by atoms with E-state index in [0.717, 1.165) is 15.2 Å². The molecule has 4 nitrogen and oxygen atoms in total. The van der Waals surface area contributed by atoms with Gasteiger partial charge in [0, 0.05) is 0 Å². The first-order valence-corrected chi connectivity index (χ1v) is 4.95. The van der Waals surface area contributed by atoms with Gasteiger partial charge in [0.1, 0.15) is 5.01 Å². The number of para-hydroxylation sites is 1. The van der Waals surface area contributed by atoms with E-state index in [1.54, 1.807) is 0 Å². The predicted octanol–water partition coefficient (Wildman–Crippen LogP) is 0.829. The van der Waals surface area contributed by atoms with Crippen LogP contribution in [0.5, 0.6) is 0 Å². The molecular weight excluding hydrogens is 198 g/mol. The van der Waals surface area contributed by atoms with Crippen LogP contribution in [0, 0.1) is 0 Å². The van der Waals surface area contributed by atoms with Crippen LogP contribution in [0.3, 0.4) is 0 Å². The number of carbonyl (C=O) groups is 1. The van der Waals surface area contributed by atoms with Gasteiger partial charge in [-0.2, -0.15) is 0 Å². The number of hydrazine groups is 1. The molecule has 14 heavy (non-hydrogen) atoms. The van der Waals surface area contributed by atoms with Gasteiger partial charge >= 0.3 is 0 Å². The van der Waals surface area contributed by atoms with Crippen LogP contribution in [0.4, 0.5) is 0 Å². The maximum Gasteiger partial charge on any atom is 0.240 e. The summed E-state index contributed by atoms with van der Waals surface area (Å²) in [4.78, 5) is 15.3. The third-order valence-corrected chi connectivity index (χ3v) is 2.85. The third kappa shape index (κ3) is 1.73. The number of benzene rings is 1. The topological polar surface area (TPSA) is 68.0 Å². The number of hydrogen-bond donors (Lipinski definition) is 2. The summed E-state index contributed by atoms with van der Waals surface area (Å²) in [7, 11) is 0. The third-order valence-electron chi connectivity index (χ3n) is 1.81. The van der Waals surface area contributed by atoms with Crippen LogP contribution >= 0.6 is 11.3 Å². The molecule has 0 aliphatic rings. The van der Waals surface area contributed by atoms with Gasteiger partial charge in [-0.1, -0.05) is 12.1 Å². The maximum atomic E-state index is 11.0. The number of nitrogens with zero attached hydrogens (tertiary/aromatic N) is 1. The number of amides is 1. The predicted molar refractivity (Wildman–Crippen MR) is 55.7 cm³/mol. The molecule has 0 radical (unpaired) electrons. The summed E-state index contributed by atoms with van der Waals surface area (Å²) in [6.07, 6.45) is 0.246. The normalized spacial score (nSPS) is 10.4. The minimum Gasteiger partial charge on any atom is -0.294 e. The first kappa shape index (κ1) is 9.11. The molecule has 0 saturated carbocycles. The molecule has 1 heterocycles. The van der Waals surface area contributed by atoms with E-state index in [-0.39, 0.29) is 12.3 Å². The van der Waals surface area contributed by atoms with Crippen LogP contribution in [0.25, 0.3) is 10.2 Å². The minimum absolute atomic E-state index is 0.218. The molecule has 3 N–H and O–H groups in total. The zero-order valence-electron chi connectivity index (χ0n) is 7.36. The Hall–Kier alpha value is -1.46. The fourth-order valence-electron chi connectivity index (χ4n) is 1.18. The Morgan fingerprint density at radius 3 is 3.00 bits per heavy atom. The van der Waals surface area contributed by atoms with Crippen LogP contribution < -0.4 is 11.3 Å². The van der Waals surface area contributed by atoms with E-state index in [1.807, 2.05) is 24.3 Å². The van der Waals surface area contributed by atoms with E-state index >= 15 is 0 Å². The van der Waals surface area contributed by atoms with E-state index in [9.17, 15) is 4.79 Å². The van der Waals surface area contributed by atoms with Crippen molar-refractivity contribution in [2.75, 3.05) is 0 Å². The second-order valence-corrected chi connectivity index (χ2v) is 3.93. The number of rotatable bonds is 2. The number of fused-ring (bicyclic) bond motifs is 1. The first-order chi connectivity index (χ1) is 6.79. The molecular formula is C9H9N3OS. The number of carbonyl (C=O) groups excluding carboxylic acids is 1. The van der Waals surface area contributed by atoms with Crippen LogP contribution in [0.15, 0.2) is 24.3 Å². The molecule has 2 rings (SSSR count). The summed E-state index contributed by atoms with van der Waals surface area (Å²) in [5, 5.41) is 0.786. The molecule has 0 bridgehead atoms. The quantitative estimate of drug-likeness (QED) is 0.435. The van der Waals surface area contributed by atoms with Crippen molar-refractivity contribution in [1.29, 1.82) is 0 Å². The van der Waals surface area contributed by atoms with E-state index in [2.05, 4.69) is 10.4 Å². The molecule has 0 unspecified atom stereocenters. The Labute approximate surface area is 84.7 Å². The van der Waals surface area contributed by atoms with Gasteiger partial charge in [-0.05, 0) is 12.1 Å². The number of thiazole rings is 1.